The van der Waals surface area contributed by atoms with Crippen molar-refractivity contribution in [2.24, 2.45) is 5.92 Å². The Morgan fingerprint density at radius 3 is 2.89 bits per heavy atom. The van der Waals surface area contributed by atoms with Gasteiger partial charge >= 0.3 is 6.09 Å². The fourth-order valence-electron chi connectivity index (χ4n) is 3.36. The molecule has 2 N–H and O–H groups in total. The van der Waals surface area contributed by atoms with Gasteiger partial charge in [0.15, 0.2) is 0 Å². The normalized spacial score (nSPS) is 14.1. The minimum Gasteiger partial charge on any atom is -0.453 e. The zero-order valence-electron chi connectivity index (χ0n) is 15.9. The summed E-state index contributed by atoms with van der Waals surface area (Å²) in [5.74, 6) is 1.36. The number of alkyl carbamates (subject to hydrolysis) is 1. The van der Waals surface area contributed by atoms with E-state index in [9.17, 15) is 4.79 Å². The molecule has 0 bridgehead atoms. The van der Waals surface area contributed by atoms with Crippen molar-refractivity contribution in [1.29, 1.82) is 5.26 Å². The molecule has 8 heteroatoms. The van der Waals surface area contributed by atoms with Crippen LogP contribution in [0.1, 0.15) is 44.3 Å². The van der Waals surface area contributed by atoms with E-state index in [1.165, 1.54) is 39.2 Å². The summed E-state index contributed by atoms with van der Waals surface area (Å²) >= 11 is 0. The van der Waals surface area contributed by atoms with Crippen LogP contribution in [0.2, 0.25) is 0 Å². The highest BCUT2D eigenvalue weighted by molar-refractivity contribution is 5.98. The maximum absolute atomic E-state index is 11.0. The van der Waals surface area contributed by atoms with Gasteiger partial charge in [0.2, 0.25) is 0 Å². The van der Waals surface area contributed by atoms with Gasteiger partial charge in [0.25, 0.3) is 0 Å². The Kier molecular flexibility index (Phi) is 6.73. The number of methoxy groups -OCH3 is 1. The Bertz CT molecular complexity index is 972. The van der Waals surface area contributed by atoms with E-state index in [4.69, 9.17) is 5.26 Å². The molecule has 0 saturated heterocycles. The van der Waals surface area contributed by atoms with E-state index in [1.807, 2.05) is 12.1 Å². The smallest absolute Gasteiger partial charge is 0.407 e. The average molecular weight is 380 g/mol. The number of rotatable bonds is 3. The summed E-state index contributed by atoms with van der Waals surface area (Å²) < 4.78 is 4.50. The molecule has 4 rings (SSSR count). The number of nitrogens with zero attached hydrogens (tertiary/aromatic N) is 4. The van der Waals surface area contributed by atoms with Crippen LogP contribution in [0.25, 0.3) is 22.1 Å². The van der Waals surface area contributed by atoms with E-state index >= 15 is 0 Å². The number of aromatic amines is 1. The third kappa shape index (κ3) is 4.94. The van der Waals surface area contributed by atoms with Crippen molar-refractivity contribution in [3.63, 3.8) is 0 Å². The fourth-order valence-corrected chi connectivity index (χ4v) is 3.36. The molecule has 3 aromatic rings. The summed E-state index contributed by atoms with van der Waals surface area (Å²) in [5.41, 5.74) is 3.05. The maximum atomic E-state index is 11.0. The molecular weight excluding hydrogens is 356 g/mol. The molecule has 0 unspecified atom stereocenters. The van der Waals surface area contributed by atoms with Crippen LogP contribution >= 0.6 is 0 Å². The molecule has 0 aromatic carbocycles. The van der Waals surface area contributed by atoms with E-state index in [0.717, 1.165) is 34.4 Å². The summed E-state index contributed by atoms with van der Waals surface area (Å²) in [4.78, 5) is 27.1. The zero-order valence-corrected chi connectivity index (χ0v) is 15.9. The molecule has 1 fully saturated rings. The van der Waals surface area contributed by atoms with Gasteiger partial charge in [-0.1, -0.05) is 19.3 Å². The second-order valence-corrected chi connectivity index (χ2v) is 6.79. The predicted molar refractivity (Wildman–Crippen MR) is 105 cm³/mol. The lowest BCUT2D eigenvalue weighted by Gasteiger charge is -2.17. The molecule has 0 spiro atoms. The van der Waals surface area contributed by atoms with Gasteiger partial charge in [-0.2, -0.15) is 5.26 Å². The van der Waals surface area contributed by atoms with Crippen molar-refractivity contribution < 1.29 is 9.53 Å². The number of fused-ring (bicyclic) bond motifs is 3. The van der Waals surface area contributed by atoms with Gasteiger partial charge in [-0.15, -0.1) is 0 Å². The Balaban J connectivity index is 0.000000211. The second kappa shape index (κ2) is 9.65. The Hall–Kier alpha value is -3.21. The van der Waals surface area contributed by atoms with E-state index in [1.54, 1.807) is 12.4 Å². The van der Waals surface area contributed by atoms with Gasteiger partial charge in [-0.3, -0.25) is 9.97 Å². The zero-order chi connectivity index (χ0) is 19.8. The number of hydrogen-bond acceptors (Lipinski definition) is 6. The standard InChI is InChI=1S/C12H11N5O2.C8H13N/c1-19-12(18)15-6-9-16-8-5-14-7-3-2-4-13-10(7)11(8)17-9;9-7-6-8-4-2-1-3-5-8/h2-5H,6H2,1H3,(H,15,18)(H,16,17);8H,1-6H2. The molecule has 1 aliphatic carbocycles. The highest BCUT2D eigenvalue weighted by Crippen LogP contribution is 2.25. The van der Waals surface area contributed by atoms with E-state index < -0.39 is 6.09 Å². The largest absolute Gasteiger partial charge is 0.453 e. The van der Waals surface area contributed by atoms with Crippen molar-refractivity contribution in [2.45, 2.75) is 45.1 Å². The number of aromatic nitrogens is 4. The molecule has 146 valence electrons. The number of pyridine rings is 2. The Morgan fingerprint density at radius 1 is 1.32 bits per heavy atom. The molecule has 0 aliphatic heterocycles. The van der Waals surface area contributed by atoms with Crippen molar-refractivity contribution in [2.75, 3.05) is 7.11 Å². The number of amides is 1. The lowest BCUT2D eigenvalue weighted by atomic mass is 9.87. The number of H-pyrrole nitrogens is 1. The van der Waals surface area contributed by atoms with Gasteiger partial charge in [0.05, 0.1) is 37.0 Å². The number of carbonyl (C=O) groups excluding carboxylic acids is 1. The van der Waals surface area contributed by atoms with Gasteiger partial charge in [0.1, 0.15) is 16.9 Å². The Morgan fingerprint density at radius 2 is 2.14 bits per heavy atom. The number of nitriles is 1. The molecule has 8 nitrogen and oxygen atoms in total. The number of ether oxygens (including phenoxy) is 1. The van der Waals surface area contributed by atoms with Crippen LogP contribution in [0.15, 0.2) is 24.5 Å². The molecular formula is C20H24N6O2. The second-order valence-electron chi connectivity index (χ2n) is 6.79. The van der Waals surface area contributed by atoms with Crippen molar-refractivity contribution in [3.05, 3.63) is 30.4 Å². The molecule has 1 amide bonds. The number of nitrogens with one attached hydrogen (secondary N) is 2. The summed E-state index contributed by atoms with van der Waals surface area (Å²) in [6.07, 6.45) is 10.4. The molecule has 1 saturated carbocycles. The highest BCUT2D eigenvalue weighted by atomic mass is 16.5. The summed E-state index contributed by atoms with van der Waals surface area (Å²) in [7, 11) is 1.31. The first-order chi connectivity index (χ1) is 13.7. The number of carbonyl (C=O) groups is 1. The lowest BCUT2D eigenvalue weighted by Crippen LogP contribution is -2.22. The molecule has 3 aromatic heterocycles. The SMILES string of the molecule is COC(=O)NCc1nc2c(cnc3cccnc32)[nH]1.N#CCC1CCCCC1. The summed E-state index contributed by atoms with van der Waals surface area (Å²) in [6.45, 7) is 0.260. The molecule has 0 atom stereocenters. The van der Waals surface area contributed by atoms with Gasteiger partial charge in [-0.05, 0) is 30.9 Å². The highest BCUT2D eigenvalue weighted by Gasteiger charge is 2.12. The third-order valence-corrected chi connectivity index (χ3v) is 4.81. The van der Waals surface area contributed by atoms with Crippen molar-refractivity contribution in [3.8, 4) is 6.07 Å². The summed E-state index contributed by atoms with van der Waals surface area (Å²) in [6, 6.07) is 5.94. The number of imidazole rings is 1. The monoisotopic (exact) mass is 380 g/mol. The van der Waals surface area contributed by atoms with E-state index in [-0.39, 0.29) is 6.54 Å². The van der Waals surface area contributed by atoms with Crippen LogP contribution in [0, 0.1) is 17.2 Å². The van der Waals surface area contributed by atoms with Crippen LogP contribution < -0.4 is 5.32 Å². The Labute approximate surface area is 163 Å². The first-order valence-electron chi connectivity index (χ1n) is 9.48. The number of hydrogen-bond donors (Lipinski definition) is 2. The lowest BCUT2D eigenvalue weighted by molar-refractivity contribution is 0.170. The quantitative estimate of drug-likeness (QED) is 0.713. The third-order valence-electron chi connectivity index (χ3n) is 4.81. The fraction of sp³-hybridized carbons (Fsp3) is 0.450. The van der Waals surface area contributed by atoms with Crippen molar-refractivity contribution >= 4 is 28.2 Å². The van der Waals surface area contributed by atoms with E-state index in [0.29, 0.717) is 5.82 Å². The maximum Gasteiger partial charge on any atom is 0.407 e. The van der Waals surface area contributed by atoms with E-state index in [2.05, 4.69) is 36.1 Å². The molecule has 3 heterocycles. The predicted octanol–water partition coefficient (Wildman–Crippen LogP) is 3.84. The first-order valence-corrected chi connectivity index (χ1v) is 9.48. The average Bonchev–Trinajstić information content (AvgIpc) is 3.17. The molecule has 0 radical (unpaired) electrons. The van der Waals surface area contributed by atoms with Crippen molar-refractivity contribution in [1.82, 2.24) is 25.3 Å². The van der Waals surface area contributed by atoms with Crippen LogP contribution in [0.3, 0.4) is 0 Å². The van der Waals surface area contributed by atoms with Crippen LogP contribution in [-0.2, 0) is 11.3 Å². The minimum atomic E-state index is -0.499. The van der Waals surface area contributed by atoms with Gasteiger partial charge in [-0.25, -0.2) is 9.78 Å². The minimum absolute atomic E-state index is 0.260. The molecule has 1 aliphatic rings. The first kappa shape index (κ1) is 19.5. The van der Waals surface area contributed by atoms with Crippen LogP contribution in [-0.4, -0.2) is 33.1 Å². The van der Waals surface area contributed by atoms with Crippen LogP contribution in [0.5, 0.6) is 0 Å². The summed E-state index contributed by atoms with van der Waals surface area (Å²) in [5, 5.41) is 10.9. The molecule has 28 heavy (non-hydrogen) atoms. The van der Waals surface area contributed by atoms with Crippen LogP contribution in [0.4, 0.5) is 4.79 Å². The van der Waals surface area contributed by atoms with Gasteiger partial charge < -0.3 is 15.0 Å². The topological polar surface area (TPSA) is 117 Å². The van der Waals surface area contributed by atoms with Gasteiger partial charge in [0, 0.05) is 12.6 Å².